The lowest BCUT2D eigenvalue weighted by Crippen LogP contribution is -2.11. The molecule has 1 rings (SSSR count). The summed E-state index contributed by atoms with van der Waals surface area (Å²) in [6, 6.07) is 0.206. The van der Waals surface area contributed by atoms with Gasteiger partial charge in [-0.3, -0.25) is 5.41 Å². The fraction of sp³-hybridized carbons (Fsp3) is 0.167. The minimum Gasteiger partial charge on any atom is -0.467 e. The first kappa shape index (κ1) is 6.67. The largest absolute Gasteiger partial charge is 0.467 e. The van der Waals surface area contributed by atoms with Gasteiger partial charge < -0.3 is 4.74 Å². The van der Waals surface area contributed by atoms with Crippen LogP contribution < -0.4 is 0 Å². The van der Waals surface area contributed by atoms with E-state index in [1.54, 1.807) is 0 Å². The monoisotopic (exact) mass is 137 g/mol. The molecule has 4 heteroatoms. The average molecular weight is 137 g/mol. The average Bonchev–Trinajstić information content (AvgIpc) is 1.95. The number of amidine groups is 2. The maximum Gasteiger partial charge on any atom is 0.318 e. The lowest BCUT2D eigenvalue weighted by molar-refractivity contribution is 0.398. The van der Waals surface area contributed by atoms with Crippen LogP contribution >= 0.6 is 0 Å². The Morgan fingerprint density at radius 3 is 2.90 bits per heavy atom. The van der Waals surface area contributed by atoms with Crippen molar-refractivity contribution in [2.45, 2.75) is 0 Å². The Labute approximate surface area is 58.5 Å². The second-order valence-electron chi connectivity index (χ2n) is 1.73. The fourth-order valence-corrected chi connectivity index (χ4v) is 0.489. The quantitative estimate of drug-likeness (QED) is 0.522. The van der Waals surface area contributed by atoms with Crippen molar-refractivity contribution >= 4 is 18.1 Å². The van der Waals surface area contributed by atoms with Gasteiger partial charge in [-0.2, -0.15) is 4.99 Å². The Bertz CT molecular complexity index is 239. The van der Waals surface area contributed by atoms with Gasteiger partial charge in [0.25, 0.3) is 0 Å². The molecule has 1 aliphatic heterocycles. The van der Waals surface area contributed by atoms with Gasteiger partial charge in [0.2, 0.25) is 0 Å². The van der Waals surface area contributed by atoms with Gasteiger partial charge in [-0.15, -0.1) is 0 Å². The SMILES string of the molecule is C=C1C=NC(OC)=NC1=N. The van der Waals surface area contributed by atoms with Gasteiger partial charge in [0.1, 0.15) is 0 Å². The lowest BCUT2D eigenvalue weighted by atomic mass is 10.3. The minimum atomic E-state index is 0.104. The summed E-state index contributed by atoms with van der Waals surface area (Å²) in [5.41, 5.74) is 0.501. The lowest BCUT2D eigenvalue weighted by Gasteiger charge is -2.04. The highest BCUT2D eigenvalue weighted by atomic mass is 16.5. The zero-order chi connectivity index (χ0) is 7.56. The second kappa shape index (κ2) is 2.43. The third-order valence-corrected chi connectivity index (χ3v) is 1.03. The highest BCUT2D eigenvalue weighted by molar-refractivity contribution is 6.20. The Kier molecular flexibility index (Phi) is 1.62. The smallest absolute Gasteiger partial charge is 0.318 e. The first-order valence-electron chi connectivity index (χ1n) is 2.68. The van der Waals surface area contributed by atoms with Crippen molar-refractivity contribution in [3.8, 4) is 0 Å². The molecule has 0 atom stereocenters. The van der Waals surface area contributed by atoms with E-state index in [2.05, 4.69) is 21.3 Å². The summed E-state index contributed by atoms with van der Waals surface area (Å²) in [6.45, 7) is 3.53. The minimum absolute atomic E-state index is 0.104. The molecule has 1 heterocycles. The summed E-state index contributed by atoms with van der Waals surface area (Å²) in [5.74, 6) is 0.104. The topological polar surface area (TPSA) is 57.8 Å². The molecule has 0 saturated heterocycles. The third kappa shape index (κ3) is 1.10. The van der Waals surface area contributed by atoms with Gasteiger partial charge in [0, 0.05) is 11.8 Å². The highest BCUT2D eigenvalue weighted by Gasteiger charge is 2.06. The van der Waals surface area contributed by atoms with Crippen LogP contribution in [0.3, 0.4) is 0 Å². The fourth-order valence-electron chi connectivity index (χ4n) is 0.489. The van der Waals surface area contributed by atoms with E-state index >= 15 is 0 Å². The first-order valence-corrected chi connectivity index (χ1v) is 2.68. The number of hydrogen-bond donors (Lipinski definition) is 1. The molecule has 0 fully saturated rings. The van der Waals surface area contributed by atoms with Crippen LogP contribution in [0.5, 0.6) is 0 Å². The van der Waals surface area contributed by atoms with E-state index in [1.165, 1.54) is 13.3 Å². The molecule has 0 aromatic heterocycles. The molecule has 0 aromatic carbocycles. The summed E-state index contributed by atoms with van der Waals surface area (Å²) in [7, 11) is 1.46. The Hall–Kier alpha value is -1.45. The molecule has 0 amide bonds. The molecule has 0 saturated carbocycles. The van der Waals surface area contributed by atoms with Crippen molar-refractivity contribution in [1.29, 1.82) is 5.41 Å². The van der Waals surface area contributed by atoms with Crippen molar-refractivity contribution < 1.29 is 4.74 Å². The Morgan fingerprint density at radius 2 is 2.40 bits per heavy atom. The predicted octanol–water partition coefficient (Wildman–Crippen LogP) is 0.607. The van der Waals surface area contributed by atoms with Crippen LogP contribution in [0, 0.1) is 5.41 Å². The first-order chi connectivity index (χ1) is 4.74. The molecule has 1 N–H and O–H groups in total. The predicted molar refractivity (Wildman–Crippen MR) is 39.8 cm³/mol. The molecule has 1 aliphatic rings. The molecular formula is C6H7N3O. The molecule has 0 aromatic rings. The van der Waals surface area contributed by atoms with Gasteiger partial charge in [-0.05, 0) is 0 Å². The van der Waals surface area contributed by atoms with Crippen LogP contribution in [-0.4, -0.2) is 25.2 Å². The second-order valence-corrected chi connectivity index (χ2v) is 1.73. The number of hydrogen-bond acceptors (Lipinski definition) is 3. The number of rotatable bonds is 0. The van der Waals surface area contributed by atoms with E-state index in [1.807, 2.05) is 0 Å². The van der Waals surface area contributed by atoms with Crippen molar-refractivity contribution in [3.63, 3.8) is 0 Å². The zero-order valence-electron chi connectivity index (χ0n) is 5.59. The molecule has 0 spiro atoms. The maximum absolute atomic E-state index is 7.17. The molecule has 0 bridgehead atoms. The van der Waals surface area contributed by atoms with Gasteiger partial charge in [-0.25, -0.2) is 4.99 Å². The van der Waals surface area contributed by atoms with Crippen LogP contribution in [0.2, 0.25) is 0 Å². The van der Waals surface area contributed by atoms with E-state index in [9.17, 15) is 0 Å². The normalized spacial score (nSPS) is 17.1. The number of nitrogens with zero attached hydrogens (tertiary/aromatic N) is 2. The standard InChI is InChI=1S/C6H7N3O/c1-4-3-8-6(10-2)9-5(4)7/h3,7H,1H2,2H3. The van der Waals surface area contributed by atoms with E-state index in [0.29, 0.717) is 5.57 Å². The van der Waals surface area contributed by atoms with E-state index in [4.69, 9.17) is 5.41 Å². The number of methoxy groups -OCH3 is 1. The van der Waals surface area contributed by atoms with Crippen LogP contribution in [0.1, 0.15) is 0 Å². The Balaban J connectivity index is 2.86. The number of nitrogens with one attached hydrogen (secondary N) is 1. The summed E-state index contributed by atoms with van der Waals surface area (Å²) >= 11 is 0. The summed E-state index contributed by atoms with van der Waals surface area (Å²) in [5, 5.41) is 7.17. The highest BCUT2D eigenvalue weighted by Crippen LogP contribution is 1.99. The number of aliphatic imine (C=N–C) groups is 2. The molecule has 52 valence electrons. The molecular weight excluding hydrogens is 130 g/mol. The summed E-state index contributed by atoms with van der Waals surface area (Å²) in [4.78, 5) is 7.40. The van der Waals surface area contributed by atoms with Gasteiger partial charge in [-0.1, -0.05) is 6.58 Å². The van der Waals surface area contributed by atoms with Gasteiger partial charge in [0.05, 0.1) is 7.11 Å². The zero-order valence-corrected chi connectivity index (χ0v) is 5.59. The maximum atomic E-state index is 7.17. The van der Waals surface area contributed by atoms with Gasteiger partial charge >= 0.3 is 6.02 Å². The van der Waals surface area contributed by atoms with Gasteiger partial charge in [0.15, 0.2) is 5.84 Å². The van der Waals surface area contributed by atoms with E-state index in [0.717, 1.165) is 0 Å². The molecule has 0 aliphatic carbocycles. The van der Waals surface area contributed by atoms with Crippen molar-refractivity contribution in [2.24, 2.45) is 9.98 Å². The molecule has 0 unspecified atom stereocenters. The van der Waals surface area contributed by atoms with E-state index < -0.39 is 0 Å². The molecule has 4 nitrogen and oxygen atoms in total. The van der Waals surface area contributed by atoms with Crippen LogP contribution in [0.15, 0.2) is 22.1 Å². The third-order valence-electron chi connectivity index (χ3n) is 1.03. The van der Waals surface area contributed by atoms with E-state index in [-0.39, 0.29) is 11.9 Å². The molecule has 10 heavy (non-hydrogen) atoms. The molecule has 0 radical (unpaired) electrons. The van der Waals surface area contributed by atoms with Crippen LogP contribution in [0.25, 0.3) is 0 Å². The van der Waals surface area contributed by atoms with Crippen molar-refractivity contribution in [1.82, 2.24) is 0 Å². The van der Waals surface area contributed by atoms with Crippen molar-refractivity contribution in [3.05, 3.63) is 12.2 Å². The number of ether oxygens (including phenoxy) is 1. The summed E-state index contributed by atoms with van der Waals surface area (Å²) < 4.78 is 4.68. The van der Waals surface area contributed by atoms with Crippen LogP contribution in [-0.2, 0) is 4.74 Å². The summed E-state index contributed by atoms with van der Waals surface area (Å²) in [6.07, 6.45) is 1.45. The van der Waals surface area contributed by atoms with Crippen molar-refractivity contribution in [2.75, 3.05) is 7.11 Å². The van der Waals surface area contributed by atoms with Crippen LogP contribution in [0.4, 0.5) is 0 Å². The Morgan fingerprint density at radius 1 is 1.70 bits per heavy atom.